The number of hydrogen-bond acceptors (Lipinski definition) is 2. The minimum absolute atomic E-state index is 0.0551. The third-order valence-corrected chi connectivity index (χ3v) is 3.98. The fraction of sp³-hybridized carbons (Fsp3) is 0.176. The van der Waals surface area contributed by atoms with Crippen molar-refractivity contribution in [3.05, 3.63) is 47.5 Å². The Morgan fingerprint density at radius 1 is 0.950 bits per heavy atom. The summed E-state index contributed by atoms with van der Waals surface area (Å²) < 4.78 is 12.2. The van der Waals surface area contributed by atoms with E-state index in [9.17, 15) is 0 Å². The molecular weight excluding hydrogens is 247 g/mol. The topological polar surface area (TPSA) is 22.4 Å². The Kier molecular flexibility index (Phi) is 2.28. The first-order chi connectivity index (χ1) is 9.63. The van der Waals surface area contributed by atoms with Gasteiger partial charge in [0, 0.05) is 5.56 Å². The highest BCUT2D eigenvalue weighted by molar-refractivity contribution is 6.69. The van der Waals surface area contributed by atoms with Gasteiger partial charge in [-0.25, -0.2) is 0 Å². The van der Waals surface area contributed by atoms with Crippen molar-refractivity contribution in [3.8, 4) is 17.1 Å². The summed E-state index contributed by atoms with van der Waals surface area (Å²) in [6.07, 6.45) is 0. The van der Waals surface area contributed by atoms with Crippen LogP contribution in [-0.4, -0.2) is 6.92 Å². The highest BCUT2D eigenvalue weighted by Crippen LogP contribution is 2.42. The molecule has 4 rings (SSSR count). The van der Waals surface area contributed by atoms with Gasteiger partial charge >= 0.3 is 6.92 Å². The van der Waals surface area contributed by atoms with Gasteiger partial charge in [0.05, 0.1) is 5.39 Å². The maximum Gasteiger partial charge on any atom is 0.389 e. The zero-order chi connectivity index (χ0) is 13.9. The van der Waals surface area contributed by atoms with Crippen molar-refractivity contribution in [1.29, 1.82) is 0 Å². The summed E-state index contributed by atoms with van der Waals surface area (Å²) in [5, 5.41) is 1.06. The molecule has 98 valence electrons. The van der Waals surface area contributed by atoms with E-state index in [1.807, 2.05) is 0 Å². The van der Waals surface area contributed by atoms with Crippen LogP contribution in [0.3, 0.4) is 0 Å². The van der Waals surface area contributed by atoms with Crippen LogP contribution in [0.4, 0.5) is 0 Å². The summed E-state index contributed by atoms with van der Waals surface area (Å²) in [7, 11) is 0. The normalized spacial score (nSPS) is 13.1. The molecular formula is C17H15BO2. The monoisotopic (exact) mass is 262 g/mol. The Morgan fingerprint density at radius 3 is 2.55 bits per heavy atom. The molecule has 0 aliphatic carbocycles. The summed E-state index contributed by atoms with van der Waals surface area (Å²) in [6, 6.07) is 12.7. The van der Waals surface area contributed by atoms with Gasteiger partial charge < -0.3 is 9.07 Å². The van der Waals surface area contributed by atoms with Crippen LogP contribution in [0.15, 0.2) is 40.8 Å². The summed E-state index contributed by atoms with van der Waals surface area (Å²) in [5.41, 5.74) is 5.69. The van der Waals surface area contributed by atoms with Crippen molar-refractivity contribution in [2.45, 2.75) is 20.7 Å². The van der Waals surface area contributed by atoms with E-state index in [2.05, 4.69) is 57.1 Å². The minimum atomic E-state index is 0.0551. The Morgan fingerprint density at radius 2 is 1.70 bits per heavy atom. The molecule has 1 aromatic heterocycles. The predicted octanol–water partition coefficient (Wildman–Crippen LogP) is 3.94. The lowest BCUT2D eigenvalue weighted by Crippen LogP contribution is -2.37. The molecule has 0 atom stereocenters. The fourth-order valence-electron chi connectivity index (χ4n) is 2.94. The highest BCUT2D eigenvalue weighted by Gasteiger charge is 2.31. The molecule has 0 unspecified atom stereocenters. The van der Waals surface area contributed by atoms with Crippen LogP contribution in [0.25, 0.3) is 22.3 Å². The third kappa shape index (κ3) is 1.53. The molecule has 0 radical (unpaired) electrons. The number of rotatable bonds is 0. The zero-order valence-electron chi connectivity index (χ0n) is 11.9. The van der Waals surface area contributed by atoms with Crippen molar-refractivity contribution >= 4 is 23.3 Å². The third-order valence-electron chi connectivity index (χ3n) is 3.98. The molecule has 20 heavy (non-hydrogen) atoms. The van der Waals surface area contributed by atoms with Crippen molar-refractivity contribution in [3.63, 3.8) is 0 Å². The van der Waals surface area contributed by atoms with Crippen LogP contribution in [0, 0.1) is 13.8 Å². The molecule has 2 aromatic carbocycles. The molecule has 0 spiro atoms. The molecule has 1 aliphatic heterocycles. The molecule has 3 heteroatoms. The van der Waals surface area contributed by atoms with E-state index >= 15 is 0 Å². The number of fused-ring (bicyclic) bond motifs is 5. The van der Waals surface area contributed by atoms with Crippen molar-refractivity contribution in [1.82, 2.24) is 0 Å². The average molecular weight is 262 g/mol. The highest BCUT2D eigenvalue weighted by atomic mass is 16.5. The molecule has 2 heterocycles. The lowest BCUT2D eigenvalue weighted by atomic mass is 9.60. The van der Waals surface area contributed by atoms with E-state index < -0.39 is 0 Å². The van der Waals surface area contributed by atoms with Gasteiger partial charge in [-0.2, -0.15) is 0 Å². The van der Waals surface area contributed by atoms with Gasteiger partial charge in [-0.1, -0.05) is 29.8 Å². The number of aryl methyl sites for hydroxylation is 2. The first-order valence-electron chi connectivity index (χ1n) is 6.94. The van der Waals surface area contributed by atoms with Gasteiger partial charge in [0.1, 0.15) is 5.58 Å². The second kappa shape index (κ2) is 3.92. The molecule has 0 fully saturated rings. The maximum absolute atomic E-state index is 6.11. The summed E-state index contributed by atoms with van der Waals surface area (Å²) in [5.74, 6) is 1.74. The summed E-state index contributed by atoms with van der Waals surface area (Å²) in [4.78, 5) is 0. The average Bonchev–Trinajstić information content (AvgIpc) is 2.76. The number of furan rings is 1. The van der Waals surface area contributed by atoms with Crippen molar-refractivity contribution < 1.29 is 9.07 Å². The van der Waals surface area contributed by atoms with Gasteiger partial charge in [-0.3, -0.25) is 0 Å². The quantitative estimate of drug-likeness (QED) is 0.572. The fourth-order valence-corrected chi connectivity index (χ4v) is 2.94. The smallest absolute Gasteiger partial charge is 0.389 e. The molecule has 0 saturated carbocycles. The van der Waals surface area contributed by atoms with Gasteiger partial charge in [-0.15, -0.1) is 0 Å². The van der Waals surface area contributed by atoms with Crippen LogP contribution >= 0.6 is 0 Å². The van der Waals surface area contributed by atoms with Crippen molar-refractivity contribution in [2.75, 3.05) is 0 Å². The zero-order valence-corrected chi connectivity index (χ0v) is 11.9. The van der Waals surface area contributed by atoms with Crippen LogP contribution < -0.4 is 10.1 Å². The largest absolute Gasteiger partial charge is 0.553 e. The standard InChI is InChI=1S/C17H15BO2/c1-10-4-6-12-14(8-10)18(3)20-17-13-7-5-11(2)9-15(13)19-16(12)17/h4-9H,1-3H3. The predicted molar refractivity (Wildman–Crippen MR) is 83.0 cm³/mol. The molecule has 2 nitrogen and oxygen atoms in total. The maximum atomic E-state index is 6.11. The van der Waals surface area contributed by atoms with E-state index in [1.54, 1.807) is 0 Å². The first kappa shape index (κ1) is 11.7. The van der Waals surface area contributed by atoms with Crippen molar-refractivity contribution in [2.24, 2.45) is 0 Å². The Labute approximate surface area is 118 Å². The van der Waals surface area contributed by atoms with E-state index in [0.29, 0.717) is 0 Å². The summed E-state index contributed by atoms with van der Waals surface area (Å²) in [6.45, 7) is 6.32. The van der Waals surface area contributed by atoms with Crippen LogP contribution in [-0.2, 0) is 0 Å². The number of hydrogen-bond donors (Lipinski definition) is 0. The van der Waals surface area contributed by atoms with Gasteiger partial charge in [0.25, 0.3) is 0 Å². The second-order valence-electron chi connectivity index (χ2n) is 5.61. The SMILES string of the molecule is CB1Oc2c(oc3cc(C)ccc23)-c2ccc(C)cc21. The minimum Gasteiger partial charge on any atom is -0.553 e. The molecule has 3 aromatic rings. The van der Waals surface area contributed by atoms with E-state index in [4.69, 9.17) is 9.07 Å². The summed E-state index contributed by atoms with van der Waals surface area (Å²) >= 11 is 0. The van der Waals surface area contributed by atoms with E-state index in [1.165, 1.54) is 16.6 Å². The molecule has 0 bridgehead atoms. The Bertz CT molecular complexity index is 832. The molecule has 0 N–H and O–H groups in total. The van der Waals surface area contributed by atoms with Crippen LogP contribution in [0.2, 0.25) is 6.82 Å². The van der Waals surface area contributed by atoms with Crippen LogP contribution in [0.1, 0.15) is 11.1 Å². The van der Waals surface area contributed by atoms with Gasteiger partial charge in [-0.05, 0) is 43.8 Å². The Hall–Kier alpha value is -2.16. The lowest BCUT2D eigenvalue weighted by Gasteiger charge is -2.21. The molecule has 0 amide bonds. The second-order valence-corrected chi connectivity index (χ2v) is 5.61. The van der Waals surface area contributed by atoms with Crippen LogP contribution in [0.5, 0.6) is 5.75 Å². The van der Waals surface area contributed by atoms with E-state index in [0.717, 1.165) is 28.0 Å². The van der Waals surface area contributed by atoms with Gasteiger partial charge in [0.2, 0.25) is 0 Å². The lowest BCUT2D eigenvalue weighted by molar-refractivity contribution is 0.555. The Balaban J connectivity index is 2.06. The molecule has 0 saturated heterocycles. The number of benzene rings is 2. The van der Waals surface area contributed by atoms with E-state index in [-0.39, 0.29) is 6.92 Å². The van der Waals surface area contributed by atoms with Gasteiger partial charge in [0.15, 0.2) is 11.5 Å². The molecule has 1 aliphatic rings. The first-order valence-corrected chi connectivity index (χ1v) is 6.94.